The van der Waals surface area contributed by atoms with E-state index in [1.165, 1.54) is 6.07 Å². The molecule has 0 amide bonds. The van der Waals surface area contributed by atoms with Gasteiger partial charge in [0.2, 0.25) is 5.82 Å². The van der Waals surface area contributed by atoms with E-state index in [2.05, 4.69) is 6.92 Å². The van der Waals surface area contributed by atoms with Gasteiger partial charge in [-0.25, -0.2) is 13.2 Å². The number of rotatable bonds is 8. The van der Waals surface area contributed by atoms with E-state index in [1.807, 2.05) is 12.1 Å². The first-order chi connectivity index (χ1) is 15.4. The van der Waals surface area contributed by atoms with Crippen LogP contribution in [0.25, 0.3) is 11.1 Å². The Kier molecular flexibility index (Phi) is 7.37. The second-order valence-corrected chi connectivity index (χ2v) is 7.34. The van der Waals surface area contributed by atoms with E-state index in [0.29, 0.717) is 5.56 Å². The van der Waals surface area contributed by atoms with E-state index in [4.69, 9.17) is 10.00 Å². The van der Waals surface area contributed by atoms with Gasteiger partial charge in [0.15, 0.2) is 11.6 Å². The van der Waals surface area contributed by atoms with Crippen LogP contribution in [-0.4, -0.2) is 5.11 Å². The molecule has 3 aromatic carbocycles. The molecule has 3 rings (SSSR count). The molecule has 7 heteroatoms. The smallest absolute Gasteiger partial charge is 0.202 e. The SMILES string of the molecule is CCCCCc1ccc(-c2c(O)cc(F)c(COc3ccc(C#N)c(F)c3F)c2F)cc1. The number of ether oxygens (including phenoxy) is 1. The summed E-state index contributed by atoms with van der Waals surface area (Å²) in [6.07, 6.45) is 4.09. The van der Waals surface area contributed by atoms with Gasteiger partial charge in [-0.05, 0) is 36.1 Å². The number of nitrogens with zero attached hydrogens (tertiary/aromatic N) is 1. The number of nitriles is 1. The summed E-state index contributed by atoms with van der Waals surface area (Å²) >= 11 is 0. The molecule has 3 aromatic rings. The number of hydrogen-bond acceptors (Lipinski definition) is 3. The summed E-state index contributed by atoms with van der Waals surface area (Å²) in [7, 11) is 0. The number of phenolic OH excluding ortho intramolecular Hbond substituents is 1. The lowest BCUT2D eigenvalue weighted by Crippen LogP contribution is -2.06. The molecule has 0 radical (unpaired) electrons. The third-order valence-corrected chi connectivity index (χ3v) is 5.14. The predicted molar refractivity (Wildman–Crippen MR) is 112 cm³/mol. The zero-order valence-corrected chi connectivity index (χ0v) is 17.4. The van der Waals surface area contributed by atoms with Gasteiger partial charge >= 0.3 is 0 Å². The highest BCUT2D eigenvalue weighted by molar-refractivity contribution is 5.72. The van der Waals surface area contributed by atoms with Crippen LogP contribution >= 0.6 is 0 Å². The Morgan fingerprint density at radius 3 is 2.31 bits per heavy atom. The van der Waals surface area contributed by atoms with Crippen LogP contribution in [0, 0.1) is 34.6 Å². The average Bonchev–Trinajstić information content (AvgIpc) is 2.77. The van der Waals surface area contributed by atoms with Gasteiger partial charge in [0.25, 0.3) is 0 Å². The normalized spacial score (nSPS) is 10.8. The fourth-order valence-corrected chi connectivity index (χ4v) is 3.35. The molecule has 0 bridgehead atoms. The monoisotopic (exact) mass is 443 g/mol. The Labute approximate surface area is 183 Å². The fourth-order valence-electron chi connectivity index (χ4n) is 3.35. The van der Waals surface area contributed by atoms with E-state index in [-0.39, 0.29) is 5.56 Å². The van der Waals surface area contributed by atoms with Gasteiger partial charge in [-0.15, -0.1) is 0 Å². The maximum atomic E-state index is 15.1. The second kappa shape index (κ2) is 10.2. The number of aromatic hydroxyl groups is 1. The highest BCUT2D eigenvalue weighted by Crippen LogP contribution is 2.36. The Balaban J connectivity index is 1.87. The summed E-state index contributed by atoms with van der Waals surface area (Å²) in [5, 5.41) is 18.9. The van der Waals surface area contributed by atoms with Gasteiger partial charge in [0, 0.05) is 6.07 Å². The van der Waals surface area contributed by atoms with E-state index < -0.39 is 52.5 Å². The number of benzene rings is 3. The number of unbranched alkanes of at least 4 members (excludes halogenated alkanes) is 2. The van der Waals surface area contributed by atoms with Crippen LogP contribution in [-0.2, 0) is 13.0 Å². The highest BCUT2D eigenvalue weighted by Gasteiger charge is 2.22. The van der Waals surface area contributed by atoms with Gasteiger partial charge in [0.05, 0.1) is 16.7 Å². The van der Waals surface area contributed by atoms with Crippen LogP contribution in [0.2, 0.25) is 0 Å². The topological polar surface area (TPSA) is 53.2 Å². The minimum absolute atomic E-state index is 0.211. The molecule has 0 aromatic heterocycles. The van der Waals surface area contributed by atoms with Crippen LogP contribution in [0.1, 0.15) is 42.9 Å². The number of halogens is 4. The molecular weight excluding hydrogens is 422 g/mol. The molecule has 0 heterocycles. The first-order valence-corrected chi connectivity index (χ1v) is 10.2. The zero-order valence-electron chi connectivity index (χ0n) is 17.4. The van der Waals surface area contributed by atoms with Gasteiger partial charge in [-0.2, -0.15) is 9.65 Å². The molecule has 32 heavy (non-hydrogen) atoms. The van der Waals surface area contributed by atoms with E-state index in [0.717, 1.165) is 49.4 Å². The van der Waals surface area contributed by atoms with E-state index in [9.17, 15) is 18.3 Å². The first-order valence-electron chi connectivity index (χ1n) is 10.2. The van der Waals surface area contributed by atoms with Crippen molar-refractivity contribution in [3.05, 3.63) is 82.4 Å². The maximum absolute atomic E-state index is 15.1. The summed E-state index contributed by atoms with van der Waals surface area (Å²) in [5.41, 5.74) is 0.130. The van der Waals surface area contributed by atoms with Gasteiger partial charge in [-0.3, -0.25) is 0 Å². The molecule has 0 aliphatic rings. The van der Waals surface area contributed by atoms with Crippen LogP contribution in [0.4, 0.5) is 17.6 Å². The lowest BCUT2D eigenvalue weighted by Gasteiger charge is -2.14. The third-order valence-electron chi connectivity index (χ3n) is 5.14. The molecular formula is C25H21F4NO2. The summed E-state index contributed by atoms with van der Waals surface area (Å²) in [6, 6.07) is 11.2. The molecule has 1 N–H and O–H groups in total. The molecule has 0 saturated carbocycles. The van der Waals surface area contributed by atoms with Crippen LogP contribution in [0.5, 0.6) is 11.5 Å². The zero-order chi connectivity index (χ0) is 23.3. The molecule has 3 nitrogen and oxygen atoms in total. The molecule has 0 saturated heterocycles. The largest absolute Gasteiger partial charge is 0.507 e. The predicted octanol–water partition coefficient (Wildman–Crippen LogP) is 6.80. The number of hydrogen-bond donors (Lipinski definition) is 1. The minimum atomic E-state index is -1.43. The average molecular weight is 443 g/mol. The maximum Gasteiger partial charge on any atom is 0.202 e. The summed E-state index contributed by atoms with van der Waals surface area (Å²) in [6.45, 7) is 1.36. The van der Waals surface area contributed by atoms with Crippen molar-refractivity contribution in [1.29, 1.82) is 5.26 Å². The summed E-state index contributed by atoms with van der Waals surface area (Å²) in [5.74, 6) is -6.16. The van der Waals surface area contributed by atoms with E-state index in [1.54, 1.807) is 12.1 Å². The van der Waals surface area contributed by atoms with Crippen molar-refractivity contribution in [1.82, 2.24) is 0 Å². The van der Waals surface area contributed by atoms with Crippen molar-refractivity contribution in [2.24, 2.45) is 0 Å². The van der Waals surface area contributed by atoms with Crippen molar-refractivity contribution in [2.45, 2.75) is 39.2 Å². The van der Waals surface area contributed by atoms with Crippen LogP contribution in [0.3, 0.4) is 0 Å². The molecule has 166 valence electrons. The van der Waals surface area contributed by atoms with Gasteiger partial charge in [-0.1, -0.05) is 44.0 Å². The lowest BCUT2D eigenvalue weighted by atomic mass is 9.98. The quantitative estimate of drug-likeness (QED) is 0.308. The molecule has 0 aliphatic heterocycles. The second-order valence-electron chi connectivity index (χ2n) is 7.34. The minimum Gasteiger partial charge on any atom is -0.507 e. The highest BCUT2D eigenvalue weighted by atomic mass is 19.2. The molecule has 0 unspecified atom stereocenters. The Morgan fingerprint density at radius 2 is 1.66 bits per heavy atom. The molecule has 0 aliphatic carbocycles. The molecule has 0 atom stereocenters. The van der Waals surface area contributed by atoms with Crippen LogP contribution in [0.15, 0.2) is 42.5 Å². The third kappa shape index (κ3) is 4.86. The summed E-state index contributed by atoms with van der Waals surface area (Å²) in [4.78, 5) is 0. The molecule has 0 fully saturated rings. The Morgan fingerprint density at radius 1 is 0.938 bits per heavy atom. The number of aryl methyl sites for hydroxylation is 1. The Bertz CT molecular complexity index is 1150. The van der Waals surface area contributed by atoms with Gasteiger partial charge < -0.3 is 9.84 Å². The standard InChI is InChI=1S/C25H21F4NO2/c1-2-3-4-5-15-6-8-16(9-7-15)22-20(31)12-19(26)18(24(22)28)14-32-21-11-10-17(13-30)23(27)25(21)29/h6-12,31H,2-5,14H2,1H3. The Hall–Kier alpha value is -3.53. The van der Waals surface area contributed by atoms with Crippen molar-refractivity contribution < 1.29 is 27.4 Å². The lowest BCUT2D eigenvalue weighted by molar-refractivity contribution is 0.273. The summed E-state index contributed by atoms with van der Waals surface area (Å²) < 4.78 is 62.4. The van der Waals surface area contributed by atoms with Crippen molar-refractivity contribution in [2.75, 3.05) is 0 Å². The first kappa shape index (κ1) is 23.1. The molecule has 0 spiro atoms. The van der Waals surface area contributed by atoms with Gasteiger partial charge in [0.1, 0.15) is 30.1 Å². The van der Waals surface area contributed by atoms with Crippen molar-refractivity contribution in [3.8, 4) is 28.7 Å². The van der Waals surface area contributed by atoms with E-state index >= 15 is 4.39 Å². The van der Waals surface area contributed by atoms with Crippen LogP contribution < -0.4 is 4.74 Å². The van der Waals surface area contributed by atoms with Crippen molar-refractivity contribution in [3.63, 3.8) is 0 Å². The van der Waals surface area contributed by atoms with Crippen molar-refractivity contribution >= 4 is 0 Å². The number of phenols is 1. The fraction of sp³-hybridized carbons (Fsp3) is 0.240.